The third kappa shape index (κ3) is 3.16. The third-order valence-electron chi connectivity index (χ3n) is 2.49. The van der Waals surface area contributed by atoms with Gasteiger partial charge in [-0.1, -0.05) is 6.07 Å². The predicted molar refractivity (Wildman–Crippen MR) is 65.5 cm³/mol. The van der Waals surface area contributed by atoms with Crippen LogP contribution in [-0.4, -0.2) is 22.0 Å². The molecule has 0 spiro atoms. The first-order chi connectivity index (χ1) is 9.88. The number of amides is 1. The second kappa shape index (κ2) is 5.61. The summed E-state index contributed by atoms with van der Waals surface area (Å²) in [7, 11) is 0. The molecule has 0 aliphatic carbocycles. The summed E-state index contributed by atoms with van der Waals surface area (Å²) in [5, 5.41) is 10.9. The van der Waals surface area contributed by atoms with E-state index >= 15 is 0 Å². The number of pyridine rings is 1. The van der Waals surface area contributed by atoms with Gasteiger partial charge in [-0.3, -0.25) is 4.79 Å². The summed E-state index contributed by atoms with van der Waals surface area (Å²) in [5.41, 5.74) is -1.44. The van der Waals surface area contributed by atoms with E-state index in [0.29, 0.717) is 12.1 Å². The van der Waals surface area contributed by atoms with Crippen molar-refractivity contribution in [3.05, 3.63) is 59.2 Å². The van der Waals surface area contributed by atoms with Gasteiger partial charge in [-0.2, -0.15) is 4.39 Å². The first-order valence-electron chi connectivity index (χ1n) is 5.54. The van der Waals surface area contributed by atoms with Gasteiger partial charge < -0.3 is 10.4 Å². The number of nitrogens with one attached hydrogen (secondary N) is 1. The molecular weight excluding hydrogens is 289 g/mol. The Kier molecular flexibility index (Phi) is 3.88. The van der Waals surface area contributed by atoms with Gasteiger partial charge in [0.15, 0.2) is 11.6 Å². The van der Waals surface area contributed by atoms with Gasteiger partial charge in [-0.05, 0) is 18.2 Å². The summed E-state index contributed by atoms with van der Waals surface area (Å²) in [4.78, 5) is 26.0. The highest BCUT2D eigenvalue weighted by Gasteiger charge is 2.18. The molecule has 1 aromatic carbocycles. The Labute approximate surface area is 116 Å². The predicted octanol–water partition coefficient (Wildman–Crippen LogP) is 2.45. The van der Waals surface area contributed by atoms with Crippen molar-refractivity contribution in [1.29, 1.82) is 0 Å². The molecule has 5 nitrogen and oxygen atoms in total. The highest BCUT2D eigenvalue weighted by atomic mass is 19.2. The molecular formula is C13H7F3N2O3. The molecule has 0 aliphatic heterocycles. The molecule has 2 aromatic rings. The van der Waals surface area contributed by atoms with Crippen LogP contribution in [0.1, 0.15) is 20.8 Å². The fourth-order valence-electron chi connectivity index (χ4n) is 1.55. The van der Waals surface area contributed by atoms with Crippen LogP contribution in [0.2, 0.25) is 0 Å². The summed E-state index contributed by atoms with van der Waals surface area (Å²) in [6, 6.07) is 4.37. The molecule has 108 valence electrons. The Morgan fingerprint density at radius 3 is 2.38 bits per heavy atom. The van der Waals surface area contributed by atoms with Gasteiger partial charge in [0.1, 0.15) is 5.69 Å². The number of benzene rings is 1. The van der Waals surface area contributed by atoms with Crippen molar-refractivity contribution in [2.24, 2.45) is 0 Å². The van der Waals surface area contributed by atoms with Crippen molar-refractivity contribution in [2.45, 2.75) is 0 Å². The van der Waals surface area contributed by atoms with E-state index in [4.69, 9.17) is 5.11 Å². The molecule has 0 saturated carbocycles. The smallest absolute Gasteiger partial charge is 0.337 e. The lowest BCUT2D eigenvalue weighted by molar-refractivity contribution is 0.0697. The van der Waals surface area contributed by atoms with Crippen molar-refractivity contribution in [1.82, 2.24) is 4.98 Å². The van der Waals surface area contributed by atoms with Gasteiger partial charge in [-0.25, -0.2) is 18.6 Å². The van der Waals surface area contributed by atoms with Crippen LogP contribution in [-0.2, 0) is 0 Å². The maximum atomic E-state index is 13.1. The largest absolute Gasteiger partial charge is 0.478 e. The molecule has 0 aliphatic rings. The molecule has 2 rings (SSSR count). The van der Waals surface area contributed by atoms with E-state index in [1.807, 2.05) is 5.32 Å². The van der Waals surface area contributed by atoms with E-state index in [9.17, 15) is 22.8 Å². The third-order valence-corrected chi connectivity index (χ3v) is 2.49. The van der Waals surface area contributed by atoms with E-state index in [1.54, 1.807) is 0 Å². The van der Waals surface area contributed by atoms with Gasteiger partial charge in [-0.15, -0.1) is 0 Å². The Morgan fingerprint density at radius 1 is 1.10 bits per heavy atom. The summed E-state index contributed by atoms with van der Waals surface area (Å²) >= 11 is 0. The number of halogens is 3. The number of carboxylic acid groups (broad SMARTS) is 1. The zero-order valence-corrected chi connectivity index (χ0v) is 10.2. The van der Waals surface area contributed by atoms with Crippen LogP contribution >= 0.6 is 0 Å². The molecule has 0 saturated heterocycles. The summed E-state index contributed by atoms with van der Waals surface area (Å²) in [5.74, 6) is -6.12. The standard InChI is InChI=1S/C13H7F3N2O3/c14-7-4-6(13(20)21)10(5-8(7)15)18-12(19)9-2-1-3-11(16)17-9/h1-5H,(H,18,19)(H,20,21). The average molecular weight is 296 g/mol. The van der Waals surface area contributed by atoms with Crippen molar-refractivity contribution < 1.29 is 27.9 Å². The van der Waals surface area contributed by atoms with Crippen LogP contribution in [0.15, 0.2) is 30.3 Å². The number of anilines is 1. The minimum Gasteiger partial charge on any atom is -0.478 e. The zero-order valence-electron chi connectivity index (χ0n) is 10.2. The molecule has 0 unspecified atom stereocenters. The van der Waals surface area contributed by atoms with Crippen LogP contribution < -0.4 is 5.32 Å². The summed E-state index contributed by atoms with van der Waals surface area (Å²) < 4.78 is 39.1. The minimum atomic E-state index is -1.56. The van der Waals surface area contributed by atoms with Crippen molar-refractivity contribution in [2.75, 3.05) is 5.32 Å². The van der Waals surface area contributed by atoms with Gasteiger partial charge in [0.05, 0.1) is 11.3 Å². The Bertz CT molecular complexity index is 735. The fourth-order valence-corrected chi connectivity index (χ4v) is 1.55. The van der Waals surface area contributed by atoms with Crippen LogP contribution in [0.5, 0.6) is 0 Å². The number of rotatable bonds is 3. The second-order valence-corrected chi connectivity index (χ2v) is 3.92. The highest BCUT2D eigenvalue weighted by Crippen LogP contribution is 2.20. The molecule has 2 N–H and O–H groups in total. The number of aromatic nitrogens is 1. The Hall–Kier alpha value is -2.90. The SMILES string of the molecule is O=C(Nc1cc(F)c(F)cc1C(=O)O)c1cccc(F)n1. The Morgan fingerprint density at radius 2 is 1.76 bits per heavy atom. The number of nitrogens with zero attached hydrogens (tertiary/aromatic N) is 1. The van der Waals surface area contributed by atoms with Crippen molar-refractivity contribution in [3.63, 3.8) is 0 Å². The maximum absolute atomic E-state index is 13.1. The van der Waals surface area contributed by atoms with Crippen LogP contribution in [0, 0.1) is 17.6 Å². The van der Waals surface area contributed by atoms with Gasteiger partial charge in [0.2, 0.25) is 5.95 Å². The number of aromatic carboxylic acids is 1. The minimum absolute atomic E-state index is 0.337. The molecule has 21 heavy (non-hydrogen) atoms. The first kappa shape index (κ1) is 14.5. The molecule has 1 amide bonds. The number of carboxylic acids is 1. The van der Waals surface area contributed by atoms with Gasteiger partial charge in [0, 0.05) is 6.07 Å². The molecule has 1 heterocycles. The second-order valence-electron chi connectivity index (χ2n) is 3.92. The van der Waals surface area contributed by atoms with Gasteiger partial charge >= 0.3 is 5.97 Å². The number of carbonyl (C=O) groups excluding carboxylic acids is 1. The van der Waals surface area contributed by atoms with E-state index in [1.165, 1.54) is 12.1 Å². The van der Waals surface area contributed by atoms with Crippen LogP contribution in [0.4, 0.5) is 18.9 Å². The summed E-state index contributed by atoms with van der Waals surface area (Å²) in [6.45, 7) is 0. The van der Waals surface area contributed by atoms with E-state index in [0.717, 1.165) is 6.07 Å². The lowest BCUT2D eigenvalue weighted by Crippen LogP contribution is -2.17. The van der Waals surface area contributed by atoms with E-state index in [-0.39, 0.29) is 5.69 Å². The monoisotopic (exact) mass is 296 g/mol. The molecule has 0 fully saturated rings. The number of carbonyl (C=O) groups is 2. The summed E-state index contributed by atoms with van der Waals surface area (Å²) in [6.07, 6.45) is 0. The zero-order chi connectivity index (χ0) is 15.6. The molecule has 8 heteroatoms. The number of hydrogen-bond acceptors (Lipinski definition) is 3. The van der Waals surface area contributed by atoms with Crippen molar-refractivity contribution >= 4 is 17.6 Å². The average Bonchev–Trinajstić information content (AvgIpc) is 2.42. The molecule has 0 radical (unpaired) electrons. The quantitative estimate of drug-likeness (QED) is 0.853. The molecule has 0 atom stereocenters. The van der Waals surface area contributed by atoms with Crippen LogP contribution in [0.3, 0.4) is 0 Å². The maximum Gasteiger partial charge on any atom is 0.337 e. The lowest BCUT2D eigenvalue weighted by Gasteiger charge is -2.09. The van der Waals surface area contributed by atoms with Crippen LogP contribution in [0.25, 0.3) is 0 Å². The van der Waals surface area contributed by atoms with Gasteiger partial charge in [0.25, 0.3) is 5.91 Å². The molecule has 1 aromatic heterocycles. The molecule has 0 bridgehead atoms. The fraction of sp³-hybridized carbons (Fsp3) is 0. The topological polar surface area (TPSA) is 79.3 Å². The van der Waals surface area contributed by atoms with Crippen molar-refractivity contribution in [3.8, 4) is 0 Å². The van der Waals surface area contributed by atoms with E-state index in [2.05, 4.69) is 4.98 Å². The normalized spacial score (nSPS) is 10.2. The number of hydrogen-bond donors (Lipinski definition) is 2. The Balaban J connectivity index is 2.37. The van der Waals surface area contributed by atoms with E-state index < -0.39 is 40.7 Å². The first-order valence-corrected chi connectivity index (χ1v) is 5.54. The highest BCUT2D eigenvalue weighted by molar-refractivity contribution is 6.06. The lowest BCUT2D eigenvalue weighted by atomic mass is 10.1.